The Labute approximate surface area is 68.7 Å². The number of carbonyl (C=O) groups excluding carboxylic acids is 1. The molecule has 68 valence electrons. The molecule has 0 aliphatic heterocycles. The molecule has 0 aromatic carbocycles. The highest BCUT2D eigenvalue weighted by atomic mass is 19.4. The van der Waals surface area contributed by atoms with E-state index in [0.29, 0.717) is 0 Å². The van der Waals surface area contributed by atoms with Crippen LogP contribution in [0.3, 0.4) is 0 Å². The van der Waals surface area contributed by atoms with E-state index < -0.39 is 18.2 Å². The SMILES string of the molecule is CC1CC(=O)C=C([B-](F)(F)F)C1. The molecular formula is C7H9BF3O-. The molecule has 0 bridgehead atoms. The van der Waals surface area contributed by atoms with Gasteiger partial charge in [0.2, 0.25) is 0 Å². The second kappa shape index (κ2) is 2.96. The largest absolute Gasteiger partial charge is 0.505 e. The molecule has 0 spiro atoms. The second-order valence-corrected chi connectivity index (χ2v) is 3.27. The minimum atomic E-state index is -4.95. The number of hydrogen-bond acceptors (Lipinski definition) is 1. The molecule has 1 nitrogen and oxygen atoms in total. The van der Waals surface area contributed by atoms with E-state index >= 15 is 0 Å². The van der Waals surface area contributed by atoms with Crippen LogP contribution < -0.4 is 0 Å². The van der Waals surface area contributed by atoms with Crippen molar-refractivity contribution < 1.29 is 17.7 Å². The maximum atomic E-state index is 12.1. The third-order valence-corrected chi connectivity index (χ3v) is 1.90. The van der Waals surface area contributed by atoms with Crippen LogP contribution in [0.5, 0.6) is 0 Å². The van der Waals surface area contributed by atoms with Gasteiger partial charge in [0.1, 0.15) is 0 Å². The van der Waals surface area contributed by atoms with Crippen molar-refractivity contribution in [2.24, 2.45) is 5.92 Å². The van der Waals surface area contributed by atoms with Crippen molar-refractivity contribution in [1.82, 2.24) is 0 Å². The van der Waals surface area contributed by atoms with Crippen LogP contribution in [0.15, 0.2) is 11.5 Å². The Hall–Kier alpha value is -0.735. The predicted octanol–water partition coefficient (Wildman–Crippen LogP) is 2.30. The van der Waals surface area contributed by atoms with Crippen molar-refractivity contribution in [2.45, 2.75) is 19.8 Å². The van der Waals surface area contributed by atoms with Crippen LogP contribution in [0.2, 0.25) is 0 Å². The van der Waals surface area contributed by atoms with E-state index in [0.717, 1.165) is 6.08 Å². The lowest BCUT2D eigenvalue weighted by atomic mass is 9.70. The predicted molar refractivity (Wildman–Crippen MR) is 40.6 cm³/mol. The molecule has 0 N–H and O–H groups in total. The molecule has 0 fully saturated rings. The third-order valence-electron chi connectivity index (χ3n) is 1.90. The summed E-state index contributed by atoms with van der Waals surface area (Å²) in [5.74, 6) is -0.566. The van der Waals surface area contributed by atoms with Crippen LogP contribution in [0, 0.1) is 5.92 Å². The summed E-state index contributed by atoms with van der Waals surface area (Å²) in [7, 11) is 0. The van der Waals surface area contributed by atoms with E-state index in [2.05, 4.69) is 0 Å². The first-order valence-corrected chi connectivity index (χ1v) is 3.83. The highest BCUT2D eigenvalue weighted by Gasteiger charge is 2.32. The van der Waals surface area contributed by atoms with E-state index in [-0.39, 0.29) is 18.8 Å². The van der Waals surface area contributed by atoms with Crippen molar-refractivity contribution in [3.8, 4) is 0 Å². The van der Waals surface area contributed by atoms with E-state index in [9.17, 15) is 17.7 Å². The van der Waals surface area contributed by atoms with Crippen molar-refractivity contribution in [3.63, 3.8) is 0 Å². The van der Waals surface area contributed by atoms with Gasteiger partial charge in [0.15, 0.2) is 5.78 Å². The second-order valence-electron chi connectivity index (χ2n) is 3.27. The zero-order valence-electron chi connectivity index (χ0n) is 6.69. The molecule has 0 saturated heterocycles. The molecule has 1 atom stereocenters. The fourth-order valence-corrected chi connectivity index (χ4v) is 1.37. The summed E-state index contributed by atoms with van der Waals surface area (Å²) in [5, 5.41) is 0. The van der Waals surface area contributed by atoms with Crippen molar-refractivity contribution in [2.75, 3.05) is 0 Å². The Kier molecular flexibility index (Phi) is 2.30. The molecule has 12 heavy (non-hydrogen) atoms. The number of halogens is 3. The first-order chi connectivity index (χ1) is 5.39. The Bertz CT molecular complexity index is 231. The summed E-state index contributed by atoms with van der Waals surface area (Å²) in [6.07, 6.45) is 0.991. The number of carbonyl (C=O) groups is 1. The lowest BCUT2D eigenvalue weighted by Crippen LogP contribution is -2.26. The normalized spacial score (nSPS) is 25.5. The van der Waals surface area contributed by atoms with Crippen LogP contribution in [0.1, 0.15) is 19.8 Å². The molecule has 0 aromatic rings. The van der Waals surface area contributed by atoms with Crippen molar-refractivity contribution in [1.29, 1.82) is 0 Å². The zero-order valence-corrected chi connectivity index (χ0v) is 6.69. The number of hydrogen-bond donors (Lipinski definition) is 0. The Morgan fingerprint density at radius 3 is 2.42 bits per heavy atom. The average Bonchev–Trinajstić information content (AvgIpc) is 1.82. The van der Waals surface area contributed by atoms with Gasteiger partial charge in [-0.3, -0.25) is 4.79 Å². The highest BCUT2D eigenvalue weighted by molar-refractivity contribution is 6.67. The van der Waals surface area contributed by atoms with Crippen molar-refractivity contribution in [3.05, 3.63) is 11.5 Å². The molecule has 0 amide bonds. The summed E-state index contributed by atoms with van der Waals surface area (Å²) in [6, 6.07) is 0. The summed E-state index contributed by atoms with van der Waals surface area (Å²) >= 11 is 0. The van der Waals surface area contributed by atoms with E-state index in [1.807, 2.05) is 0 Å². The van der Waals surface area contributed by atoms with E-state index in [1.165, 1.54) is 0 Å². The van der Waals surface area contributed by atoms with Crippen LogP contribution in [-0.2, 0) is 4.79 Å². The number of allylic oxidation sites excluding steroid dienone is 2. The minimum Gasteiger partial charge on any atom is -0.445 e. The van der Waals surface area contributed by atoms with Crippen molar-refractivity contribution >= 4 is 12.8 Å². The standard InChI is InChI=1S/C7H9BF3O/c1-5-2-6(8(9,10)11)4-7(12)3-5/h4-5H,2-3H2,1H3/q-1. The highest BCUT2D eigenvalue weighted by Crippen LogP contribution is 2.30. The Balaban J connectivity index is 2.84. The lowest BCUT2D eigenvalue weighted by Gasteiger charge is -2.25. The van der Waals surface area contributed by atoms with Gasteiger partial charge < -0.3 is 12.9 Å². The third kappa shape index (κ3) is 2.12. The first kappa shape index (κ1) is 9.35. The molecule has 5 heteroatoms. The van der Waals surface area contributed by atoms with Gasteiger partial charge in [0, 0.05) is 6.42 Å². The molecule has 0 heterocycles. The molecule has 1 unspecified atom stereocenters. The molecule has 1 aliphatic rings. The lowest BCUT2D eigenvalue weighted by molar-refractivity contribution is -0.115. The Morgan fingerprint density at radius 2 is 2.00 bits per heavy atom. The van der Waals surface area contributed by atoms with Crippen LogP contribution >= 0.6 is 0 Å². The quantitative estimate of drug-likeness (QED) is 0.561. The van der Waals surface area contributed by atoms with Crippen LogP contribution in [-0.4, -0.2) is 12.8 Å². The summed E-state index contributed by atoms with van der Waals surface area (Å²) in [4.78, 5) is 10.8. The number of ketones is 1. The molecule has 0 radical (unpaired) electrons. The monoisotopic (exact) mass is 177 g/mol. The topological polar surface area (TPSA) is 17.1 Å². The van der Waals surface area contributed by atoms with E-state index in [1.54, 1.807) is 6.92 Å². The number of rotatable bonds is 1. The average molecular weight is 177 g/mol. The van der Waals surface area contributed by atoms with Gasteiger partial charge >= 0.3 is 6.98 Å². The first-order valence-electron chi connectivity index (χ1n) is 3.83. The van der Waals surface area contributed by atoms with Gasteiger partial charge in [-0.15, -0.1) is 5.47 Å². The van der Waals surface area contributed by atoms with Gasteiger partial charge in [-0.1, -0.05) is 13.3 Å². The van der Waals surface area contributed by atoms with E-state index in [4.69, 9.17) is 0 Å². The Morgan fingerprint density at radius 1 is 1.42 bits per heavy atom. The van der Waals surface area contributed by atoms with Crippen LogP contribution in [0.4, 0.5) is 12.9 Å². The molecular weight excluding hydrogens is 168 g/mol. The summed E-state index contributed by atoms with van der Waals surface area (Å²) < 4.78 is 36.4. The molecule has 1 rings (SSSR count). The van der Waals surface area contributed by atoms with Gasteiger partial charge in [-0.05, 0) is 12.0 Å². The molecule has 0 aromatic heterocycles. The summed E-state index contributed by atoms with van der Waals surface area (Å²) in [5.41, 5.74) is -0.626. The molecule has 0 saturated carbocycles. The minimum absolute atomic E-state index is 0.00472. The zero-order chi connectivity index (χ0) is 9.35. The summed E-state index contributed by atoms with van der Waals surface area (Å²) in [6.45, 7) is -3.29. The van der Waals surface area contributed by atoms with Gasteiger partial charge in [0.05, 0.1) is 0 Å². The fourth-order valence-electron chi connectivity index (χ4n) is 1.37. The van der Waals surface area contributed by atoms with Gasteiger partial charge in [-0.25, -0.2) is 0 Å². The van der Waals surface area contributed by atoms with Gasteiger partial charge in [0.25, 0.3) is 0 Å². The van der Waals surface area contributed by atoms with Crippen LogP contribution in [0.25, 0.3) is 0 Å². The molecule has 1 aliphatic carbocycles. The maximum Gasteiger partial charge on any atom is 0.505 e. The van der Waals surface area contributed by atoms with Gasteiger partial charge in [-0.2, -0.15) is 0 Å². The maximum absolute atomic E-state index is 12.1. The smallest absolute Gasteiger partial charge is 0.445 e. The fraction of sp³-hybridized carbons (Fsp3) is 0.571.